The number of fused-ring (bicyclic) bond motifs is 1. The standard InChI is InChI=1S/C25H30N4/c1-5-22(17(2)3)20-8-9-23-21(14-20)15-25(27-23)28-24-13-19(10-11-26-24)16-29-12-6-7-18(29)4/h5,8-11,13-14,18H,1,6-7,12,15-16H2,2-4H3,(H,26,27,28). The Morgan fingerprint density at radius 1 is 1.31 bits per heavy atom. The molecule has 4 heteroatoms. The summed E-state index contributed by atoms with van der Waals surface area (Å²) in [7, 11) is 0. The normalized spacial score (nSPS) is 19.8. The van der Waals surface area contributed by atoms with Gasteiger partial charge in [-0.2, -0.15) is 0 Å². The van der Waals surface area contributed by atoms with Crippen LogP contribution in [0.2, 0.25) is 0 Å². The number of amidine groups is 1. The van der Waals surface area contributed by atoms with Crippen LogP contribution < -0.4 is 5.32 Å². The van der Waals surface area contributed by atoms with Crippen molar-refractivity contribution in [2.75, 3.05) is 11.9 Å². The first kappa shape index (κ1) is 19.6. The lowest BCUT2D eigenvalue weighted by Crippen LogP contribution is -2.26. The molecule has 0 bridgehead atoms. The van der Waals surface area contributed by atoms with Gasteiger partial charge < -0.3 is 5.32 Å². The first-order valence-corrected chi connectivity index (χ1v) is 10.5. The molecule has 0 spiro atoms. The topological polar surface area (TPSA) is 40.5 Å². The van der Waals surface area contributed by atoms with E-state index < -0.39 is 0 Å². The lowest BCUT2D eigenvalue weighted by Gasteiger charge is -2.20. The minimum absolute atomic E-state index is 0.666. The zero-order valence-electron chi connectivity index (χ0n) is 17.7. The van der Waals surface area contributed by atoms with Crippen molar-refractivity contribution in [3.8, 4) is 0 Å². The van der Waals surface area contributed by atoms with Crippen LogP contribution in [0.1, 0.15) is 50.3 Å². The van der Waals surface area contributed by atoms with Gasteiger partial charge in [-0.3, -0.25) is 4.90 Å². The summed E-state index contributed by atoms with van der Waals surface area (Å²) in [6, 6.07) is 11.4. The third-order valence-electron chi connectivity index (χ3n) is 5.93. The van der Waals surface area contributed by atoms with E-state index in [0.717, 1.165) is 30.3 Å². The zero-order chi connectivity index (χ0) is 20.4. The van der Waals surface area contributed by atoms with E-state index in [9.17, 15) is 0 Å². The number of allylic oxidation sites excluding steroid dienone is 3. The minimum atomic E-state index is 0.666. The van der Waals surface area contributed by atoms with Gasteiger partial charge in [0, 0.05) is 30.9 Å². The van der Waals surface area contributed by atoms with E-state index >= 15 is 0 Å². The number of hydrogen-bond donors (Lipinski definition) is 1. The number of rotatable bonds is 5. The highest BCUT2D eigenvalue weighted by atomic mass is 15.2. The third kappa shape index (κ3) is 4.33. The smallest absolute Gasteiger partial charge is 0.154 e. The Balaban J connectivity index is 1.51. The lowest BCUT2D eigenvalue weighted by molar-refractivity contribution is 0.260. The summed E-state index contributed by atoms with van der Waals surface area (Å²) in [5.74, 6) is 1.73. The molecule has 1 N–H and O–H groups in total. The molecule has 0 aliphatic carbocycles. The molecule has 0 amide bonds. The van der Waals surface area contributed by atoms with Crippen molar-refractivity contribution in [3.05, 3.63) is 71.4 Å². The maximum atomic E-state index is 4.80. The summed E-state index contributed by atoms with van der Waals surface area (Å²) >= 11 is 0. The van der Waals surface area contributed by atoms with Crippen LogP contribution >= 0.6 is 0 Å². The van der Waals surface area contributed by atoms with Crippen molar-refractivity contribution in [1.82, 2.24) is 9.88 Å². The Bertz CT molecular complexity index is 982. The quantitative estimate of drug-likeness (QED) is 0.666. The summed E-state index contributed by atoms with van der Waals surface area (Å²) in [5, 5.41) is 3.45. The summed E-state index contributed by atoms with van der Waals surface area (Å²) in [6.45, 7) is 12.7. The van der Waals surface area contributed by atoms with Crippen LogP contribution in [0.3, 0.4) is 0 Å². The van der Waals surface area contributed by atoms with Crippen LogP contribution in [0.15, 0.2) is 59.7 Å². The first-order valence-electron chi connectivity index (χ1n) is 10.5. The number of hydrogen-bond acceptors (Lipinski definition) is 3. The predicted octanol–water partition coefficient (Wildman–Crippen LogP) is 5.74. The second kappa shape index (κ2) is 8.34. The Morgan fingerprint density at radius 3 is 2.90 bits per heavy atom. The predicted molar refractivity (Wildman–Crippen MR) is 123 cm³/mol. The van der Waals surface area contributed by atoms with E-state index in [1.165, 1.54) is 47.2 Å². The van der Waals surface area contributed by atoms with Gasteiger partial charge in [-0.25, -0.2) is 9.98 Å². The third-order valence-corrected chi connectivity index (χ3v) is 5.93. The van der Waals surface area contributed by atoms with Crippen molar-refractivity contribution in [1.29, 1.82) is 0 Å². The molecule has 1 aromatic heterocycles. The second-order valence-electron chi connectivity index (χ2n) is 8.33. The van der Waals surface area contributed by atoms with E-state index in [0.29, 0.717) is 6.04 Å². The largest absolute Gasteiger partial charge is 0.343 e. The molecule has 1 fully saturated rings. The van der Waals surface area contributed by atoms with Crippen molar-refractivity contribution >= 4 is 22.9 Å². The second-order valence-corrected chi connectivity index (χ2v) is 8.33. The van der Waals surface area contributed by atoms with Gasteiger partial charge in [0.05, 0.1) is 0 Å². The van der Waals surface area contributed by atoms with E-state index in [4.69, 9.17) is 4.99 Å². The molecule has 1 atom stereocenters. The Hall–Kier alpha value is -2.72. The number of aromatic nitrogens is 1. The number of benzene rings is 1. The Labute approximate surface area is 174 Å². The highest BCUT2D eigenvalue weighted by molar-refractivity contribution is 6.04. The molecule has 4 nitrogen and oxygen atoms in total. The van der Waals surface area contributed by atoms with Crippen LogP contribution in [-0.4, -0.2) is 28.3 Å². The minimum Gasteiger partial charge on any atom is -0.343 e. The van der Waals surface area contributed by atoms with Gasteiger partial charge in [0.1, 0.15) is 5.84 Å². The van der Waals surface area contributed by atoms with E-state index in [1.54, 1.807) is 0 Å². The first-order chi connectivity index (χ1) is 14.0. The van der Waals surface area contributed by atoms with Gasteiger partial charge in [-0.1, -0.05) is 24.3 Å². The number of nitrogens with one attached hydrogen (secondary N) is 1. The molecule has 150 valence electrons. The van der Waals surface area contributed by atoms with Crippen molar-refractivity contribution < 1.29 is 0 Å². The molecule has 2 aliphatic rings. The Kier molecular flexibility index (Phi) is 5.63. The van der Waals surface area contributed by atoms with Crippen LogP contribution in [0.25, 0.3) is 5.57 Å². The molecule has 4 rings (SSSR count). The lowest BCUT2D eigenvalue weighted by atomic mass is 9.98. The number of aliphatic imine (C=N–C) groups is 1. The van der Waals surface area contributed by atoms with Gasteiger partial charge in [0.15, 0.2) is 5.82 Å². The monoisotopic (exact) mass is 386 g/mol. The molecule has 0 saturated carbocycles. The SMILES string of the molecule is C=CC(=C(C)C)c1ccc2c(c1)CC(=Nc1cc(CN3CCCC3C)ccn1)N2. The van der Waals surface area contributed by atoms with Crippen LogP contribution in [0.5, 0.6) is 0 Å². The number of anilines is 1. The molecule has 1 aromatic carbocycles. The maximum Gasteiger partial charge on any atom is 0.154 e. The highest BCUT2D eigenvalue weighted by Gasteiger charge is 2.20. The molecular formula is C25H30N4. The molecule has 29 heavy (non-hydrogen) atoms. The average molecular weight is 387 g/mol. The van der Waals surface area contributed by atoms with E-state index in [1.807, 2.05) is 12.3 Å². The average Bonchev–Trinajstić information content (AvgIpc) is 3.27. The van der Waals surface area contributed by atoms with Gasteiger partial charge in [-0.15, -0.1) is 0 Å². The van der Waals surface area contributed by atoms with Crippen LogP contribution in [-0.2, 0) is 13.0 Å². The fourth-order valence-corrected chi connectivity index (χ4v) is 4.31. The fourth-order valence-electron chi connectivity index (χ4n) is 4.31. The maximum absolute atomic E-state index is 4.80. The van der Waals surface area contributed by atoms with Gasteiger partial charge in [0.25, 0.3) is 0 Å². The van der Waals surface area contributed by atoms with Crippen molar-refractivity contribution in [2.45, 2.75) is 52.6 Å². The summed E-state index contributed by atoms with van der Waals surface area (Å²) in [5.41, 5.74) is 7.36. The van der Waals surface area contributed by atoms with E-state index in [2.05, 4.69) is 72.9 Å². The summed E-state index contributed by atoms with van der Waals surface area (Å²) < 4.78 is 0. The van der Waals surface area contributed by atoms with Crippen molar-refractivity contribution in [3.63, 3.8) is 0 Å². The number of likely N-dealkylation sites (tertiary alicyclic amines) is 1. The van der Waals surface area contributed by atoms with Crippen LogP contribution in [0.4, 0.5) is 11.5 Å². The molecule has 3 heterocycles. The van der Waals surface area contributed by atoms with Crippen LogP contribution in [0, 0.1) is 0 Å². The van der Waals surface area contributed by atoms with Gasteiger partial charge in [-0.05, 0) is 86.7 Å². The molecule has 1 saturated heterocycles. The zero-order valence-corrected chi connectivity index (χ0v) is 17.7. The number of pyridine rings is 1. The number of nitrogens with zero attached hydrogens (tertiary/aromatic N) is 3. The molecule has 2 aliphatic heterocycles. The fraction of sp³-hybridized carbons (Fsp3) is 0.360. The highest BCUT2D eigenvalue weighted by Crippen LogP contribution is 2.30. The summed E-state index contributed by atoms with van der Waals surface area (Å²) in [6.07, 6.45) is 7.20. The summed E-state index contributed by atoms with van der Waals surface area (Å²) in [4.78, 5) is 11.8. The van der Waals surface area contributed by atoms with E-state index in [-0.39, 0.29) is 0 Å². The van der Waals surface area contributed by atoms with Gasteiger partial charge in [0.2, 0.25) is 0 Å². The van der Waals surface area contributed by atoms with Gasteiger partial charge >= 0.3 is 0 Å². The molecule has 1 unspecified atom stereocenters. The molecular weight excluding hydrogens is 356 g/mol. The Morgan fingerprint density at radius 2 is 2.17 bits per heavy atom. The van der Waals surface area contributed by atoms with Crippen molar-refractivity contribution in [2.24, 2.45) is 4.99 Å². The molecule has 0 radical (unpaired) electrons. The molecule has 2 aromatic rings.